The maximum absolute atomic E-state index is 6.17. The summed E-state index contributed by atoms with van der Waals surface area (Å²) in [5.41, 5.74) is 1.54. The molecule has 2 unspecified atom stereocenters. The SMILES string of the molecule is CC1(C)OB(c2ccc(C3(COC4CCCO4)CCOC3)cc2)OC1(C)C. The molecule has 5 nitrogen and oxygen atoms in total. The largest absolute Gasteiger partial charge is 0.494 e. The van der Waals surface area contributed by atoms with E-state index in [4.69, 9.17) is 23.5 Å². The van der Waals surface area contributed by atoms with Crippen molar-refractivity contribution < 1.29 is 23.5 Å². The van der Waals surface area contributed by atoms with Gasteiger partial charge < -0.3 is 23.5 Å². The Kier molecular flexibility index (Phi) is 5.14. The van der Waals surface area contributed by atoms with E-state index in [2.05, 4.69) is 52.0 Å². The van der Waals surface area contributed by atoms with E-state index in [1.165, 1.54) is 5.56 Å². The van der Waals surface area contributed by atoms with Crippen LogP contribution in [0.15, 0.2) is 24.3 Å². The first-order valence-electron chi connectivity index (χ1n) is 10.1. The van der Waals surface area contributed by atoms with E-state index in [0.29, 0.717) is 13.2 Å². The summed E-state index contributed by atoms with van der Waals surface area (Å²) in [7, 11) is -0.331. The molecule has 0 radical (unpaired) electrons. The van der Waals surface area contributed by atoms with Crippen LogP contribution in [-0.2, 0) is 28.9 Å². The molecule has 0 saturated carbocycles. The van der Waals surface area contributed by atoms with Gasteiger partial charge >= 0.3 is 7.12 Å². The summed E-state index contributed by atoms with van der Waals surface area (Å²) in [6.07, 6.45) is 2.97. The van der Waals surface area contributed by atoms with Crippen molar-refractivity contribution in [2.24, 2.45) is 0 Å². The number of rotatable bonds is 5. The van der Waals surface area contributed by atoms with Crippen molar-refractivity contribution in [2.75, 3.05) is 26.4 Å². The monoisotopic (exact) mass is 374 g/mol. The average Bonchev–Trinajstić information content (AvgIpc) is 3.35. The van der Waals surface area contributed by atoms with Gasteiger partial charge in [0.2, 0.25) is 0 Å². The van der Waals surface area contributed by atoms with E-state index in [1.807, 2.05) is 0 Å². The van der Waals surface area contributed by atoms with E-state index >= 15 is 0 Å². The molecular formula is C21H31BO5. The molecule has 1 aromatic carbocycles. The van der Waals surface area contributed by atoms with Gasteiger partial charge in [-0.15, -0.1) is 0 Å². The molecule has 4 rings (SSSR count). The van der Waals surface area contributed by atoms with Gasteiger partial charge in [0.15, 0.2) is 6.29 Å². The molecule has 3 fully saturated rings. The molecule has 0 N–H and O–H groups in total. The highest BCUT2D eigenvalue weighted by atomic mass is 16.7. The topological polar surface area (TPSA) is 46.2 Å². The Morgan fingerprint density at radius 3 is 2.30 bits per heavy atom. The maximum atomic E-state index is 6.17. The van der Waals surface area contributed by atoms with Gasteiger partial charge in [-0.2, -0.15) is 0 Å². The molecule has 0 aromatic heterocycles. The molecule has 27 heavy (non-hydrogen) atoms. The normalized spacial score (nSPS) is 32.3. The van der Waals surface area contributed by atoms with Gasteiger partial charge in [0.25, 0.3) is 0 Å². The summed E-state index contributed by atoms with van der Waals surface area (Å²) in [6.45, 7) is 11.2. The third kappa shape index (κ3) is 3.70. The van der Waals surface area contributed by atoms with Crippen molar-refractivity contribution in [1.29, 1.82) is 0 Å². The number of benzene rings is 1. The smallest absolute Gasteiger partial charge is 0.399 e. The molecular weight excluding hydrogens is 343 g/mol. The standard InChI is InChI=1S/C21H31BO5/c1-19(2)20(3,4)27-22(26-19)17-9-7-16(8-10-17)21(11-13-23-14-21)15-25-18-6-5-12-24-18/h7-10,18H,5-6,11-15H2,1-4H3. The molecule has 6 heteroatoms. The minimum atomic E-state index is -0.331. The van der Waals surface area contributed by atoms with Crippen molar-refractivity contribution in [1.82, 2.24) is 0 Å². The second-order valence-corrected chi connectivity index (χ2v) is 9.05. The van der Waals surface area contributed by atoms with E-state index in [-0.39, 0.29) is 30.0 Å². The Balaban J connectivity index is 1.48. The zero-order valence-corrected chi connectivity index (χ0v) is 17.0. The number of hydrogen-bond donors (Lipinski definition) is 0. The molecule has 0 aliphatic carbocycles. The van der Waals surface area contributed by atoms with Crippen LogP contribution in [0.3, 0.4) is 0 Å². The minimum absolute atomic E-state index is 0.0634. The van der Waals surface area contributed by atoms with Gasteiger partial charge in [-0.1, -0.05) is 24.3 Å². The van der Waals surface area contributed by atoms with Crippen LogP contribution in [0, 0.1) is 0 Å². The lowest BCUT2D eigenvalue weighted by Gasteiger charge is -2.32. The van der Waals surface area contributed by atoms with Crippen LogP contribution in [0.2, 0.25) is 0 Å². The lowest BCUT2D eigenvalue weighted by Crippen LogP contribution is -2.41. The van der Waals surface area contributed by atoms with Gasteiger partial charge in [0, 0.05) is 25.0 Å². The first-order chi connectivity index (χ1) is 12.8. The van der Waals surface area contributed by atoms with Crippen LogP contribution >= 0.6 is 0 Å². The van der Waals surface area contributed by atoms with Gasteiger partial charge in [-0.25, -0.2) is 0 Å². The summed E-state index contributed by atoms with van der Waals surface area (Å²) in [6, 6.07) is 8.58. The van der Waals surface area contributed by atoms with Crippen molar-refractivity contribution in [3.8, 4) is 0 Å². The highest BCUT2D eigenvalue weighted by Crippen LogP contribution is 2.37. The minimum Gasteiger partial charge on any atom is -0.399 e. The predicted octanol–water partition coefficient (Wildman–Crippen LogP) is 2.80. The predicted molar refractivity (Wildman–Crippen MR) is 104 cm³/mol. The van der Waals surface area contributed by atoms with Crippen molar-refractivity contribution in [3.63, 3.8) is 0 Å². The summed E-state index contributed by atoms with van der Waals surface area (Å²) in [5, 5.41) is 0. The molecule has 2 atom stereocenters. The number of ether oxygens (including phenoxy) is 3. The molecule has 3 aliphatic rings. The van der Waals surface area contributed by atoms with Gasteiger partial charge in [-0.05, 0) is 51.6 Å². The third-order valence-electron chi connectivity index (χ3n) is 6.59. The summed E-state index contributed by atoms with van der Waals surface area (Å²) < 4.78 is 29.8. The third-order valence-corrected chi connectivity index (χ3v) is 6.59. The zero-order valence-electron chi connectivity index (χ0n) is 17.0. The lowest BCUT2D eigenvalue weighted by atomic mass is 9.75. The van der Waals surface area contributed by atoms with Crippen LogP contribution in [0.5, 0.6) is 0 Å². The molecule has 3 saturated heterocycles. The van der Waals surface area contributed by atoms with Gasteiger partial charge in [-0.3, -0.25) is 0 Å². The Bertz CT molecular complexity index is 629. The fraction of sp³-hybridized carbons (Fsp3) is 0.714. The highest BCUT2D eigenvalue weighted by molar-refractivity contribution is 6.62. The average molecular weight is 374 g/mol. The van der Waals surface area contributed by atoms with Crippen LogP contribution < -0.4 is 5.46 Å². The molecule has 0 amide bonds. The number of hydrogen-bond acceptors (Lipinski definition) is 5. The molecule has 148 valence electrons. The summed E-state index contributed by atoms with van der Waals surface area (Å²) >= 11 is 0. The molecule has 3 aliphatic heterocycles. The van der Waals surface area contributed by atoms with E-state index < -0.39 is 0 Å². The quantitative estimate of drug-likeness (QED) is 0.742. The van der Waals surface area contributed by atoms with Gasteiger partial charge in [0.1, 0.15) is 0 Å². The van der Waals surface area contributed by atoms with Crippen molar-refractivity contribution >= 4 is 12.6 Å². The van der Waals surface area contributed by atoms with E-state index in [1.54, 1.807) is 0 Å². The Morgan fingerprint density at radius 2 is 1.74 bits per heavy atom. The van der Waals surface area contributed by atoms with Crippen LogP contribution in [0.4, 0.5) is 0 Å². The molecule has 1 aromatic rings. The molecule has 0 spiro atoms. The van der Waals surface area contributed by atoms with Crippen LogP contribution in [0.25, 0.3) is 0 Å². The first kappa shape index (κ1) is 19.4. The van der Waals surface area contributed by atoms with Crippen molar-refractivity contribution in [3.05, 3.63) is 29.8 Å². The van der Waals surface area contributed by atoms with Crippen molar-refractivity contribution in [2.45, 2.75) is 69.9 Å². The molecule has 3 heterocycles. The second-order valence-electron chi connectivity index (χ2n) is 9.05. The highest BCUT2D eigenvalue weighted by Gasteiger charge is 2.51. The van der Waals surface area contributed by atoms with Crippen LogP contribution in [-0.4, -0.2) is 51.0 Å². The second kappa shape index (κ2) is 7.16. The fourth-order valence-electron chi connectivity index (χ4n) is 3.94. The maximum Gasteiger partial charge on any atom is 0.494 e. The summed E-state index contributed by atoms with van der Waals surface area (Å²) in [4.78, 5) is 0. The van der Waals surface area contributed by atoms with E-state index in [9.17, 15) is 0 Å². The Hall–Kier alpha value is -0.915. The Morgan fingerprint density at radius 1 is 1.04 bits per heavy atom. The fourth-order valence-corrected chi connectivity index (χ4v) is 3.94. The lowest BCUT2D eigenvalue weighted by molar-refractivity contribution is -0.124. The first-order valence-corrected chi connectivity index (χ1v) is 10.1. The molecule has 0 bridgehead atoms. The van der Waals surface area contributed by atoms with Gasteiger partial charge in [0.05, 0.1) is 24.4 Å². The van der Waals surface area contributed by atoms with E-state index in [0.717, 1.165) is 37.9 Å². The van der Waals surface area contributed by atoms with Crippen LogP contribution in [0.1, 0.15) is 52.5 Å². The Labute approximate surface area is 162 Å². The summed E-state index contributed by atoms with van der Waals surface area (Å²) in [5.74, 6) is 0. The zero-order chi connectivity index (χ0) is 19.1.